The molecule has 0 saturated heterocycles. The van der Waals surface area contributed by atoms with E-state index in [9.17, 15) is 9.59 Å². The summed E-state index contributed by atoms with van der Waals surface area (Å²) in [6.07, 6.45) is 0.188. The molecule has 0 aliphatic carbocycles. The molecule has 25 heavy (non-hydrogen) atoms. The molecular weight excluding hydrogens is 314 g/mol. The third kappa shape index (κ3) is 4.92. The molecule has 0 heterocycles. The lowest BCUT2D eigenvalue weighted by molar-refractivity contribution is -0.128. The molecule has 2 aromatic rings. The largest absolute Gasteiger partial charge is 0.368 e. The van der Waals surface area contributed by atoms with Gasteiger partial charge in [-0.05, 0) is 24.5 Å². The first kappa shape index (κ1) is 18.2. The third-order valence-corrected chi connectivity index (χ3v) is 4.00. The van der Waals surface area contributed by atoms with Gasteiger partial charge in [0.05, 0.1) is 12.0 Å². The summed E-state index contributed by atoms with van der Waals surface area (Å²) < 4.78 is 0. The second-order valence-electron chi connectivity index (χ2n) is 5.98. The summed E-state index contributed by atoms with van der Waals surface area (Å²) in [4.78, 5) is 24.6. The van der Waals surface area contributed by atoms with Crippen molar-refractivity contribution < 1.29 is 9.59 Å². The molecule has 3 N–H and O–H groups in total. The van der Waals surface area contributed by atoms with Crippen molar-refractivity contribution in [1.82, 2.24) is 5.32 Å². The van der Waals surface area contributed by atoms with Gasteiger partial charge < -0.3 is 11.1 Å². The zero-order valence-corrected chi connectivity index (χ0v) is 14.1. The molecule has 0 unspecified atom stereocenters. The molecule has 2 amide bonds. The van der Waals surface area contributed by atoms with E-state index in [0.717, 1.165) is 11.1 Å². The Kier molecular flexibility index (Phi) is 6.30. The number of rotatable bonds is 7. The number of carbonyl (C=O) groups is 2. The Morgan fingerprint density at radius 2 is 1.52 bits per heavy atom. The molecule has 5 nitrogen and oxygen atoms in total. The molecule has 0 bridgehead atoms. The van der Waals surface area contributed by atoms with Crippen LogP contribution in [0.1, 0.15) is 30.4 Å². The van der Waals surface area contributed by atoms with Gasteiger partial charge in [-0.2, -0.15) is 5.26 Å². The van der Waals surface area contributed by atoms with Gasteiger partial charge in [0.1, 0.15) is 6.04 Å². The van der Waals surface area contributed by atoms with E-state index in [1.165, 1.54) is 0 Å². The molecule has 0 aliphatic rings. The van der Waals surface area contributed by atoms with Crippen LogP contribution < -0.4 is 11.1 Å². The fourth-order valence-electron chi connectivity index (χ4n) is 2.69. The minimum Gasteiger partial charge on any atom is -0.368 e. The van der Waals surface area contributed by atoms with Crippen LogP contribution in [0.2, 0.25) is 0 Å². The van der Waals surface area contributed by atoms with E-state index in [2.05, 4.69) is 11.4 Å². The first-order valence-electron chi connectivity index (χ1n) is 8.12. The molecule has 2 aromatic carbocycles. The van der Waals surface area contributed by atoms with E-state index >= 15 is 0 Å². The maximum absolute atomic E-state index is 12.9. The maximum Gasteiger partial charge on any atom is 0.240 e. The number of nitrogens with one attached hydrogen (secondary N) is 1. The monoisotopic (exact) mass is 335 g/mol. The molecule has 2 atom stereocenters. The van der Waals surface area contributed by atoms with Crippen LogP contribution in [0.4, 0.5) is 0 Å². The number of nitriles is 1. The number of amides is 2. The zero-order chi connectivity index (χ0) is 18.2. The van der Waals surface area contributed by atoms with Crippen molar-refractivity contribution in [3.8, 4) is 6.07 Å². The smallest absolute Gasteiger partial charge is 0.240 e. The highest BCUT2D eigenvalue weighted by atomic mass is 16.2. The van der Waals surface area contributed by atoms with Crippen molar-refractivity contribution in [3.05, 3.63) is 71.8 Å². The highest BCUT2D eigenvalue weighted by molar-refractivity contribution is 5.91. The summed E-state index contributed by atoms with van der Waals surface area (Å²) in [6.45, 7) is 1.69. The van der Waals surface area contributed by atoms with Crippen LogP contribution in [0.15, 0.2) is 60.7 Å². The number of primary amides is 1. The summed E-state index contributed by atoms with van der Waals surface area (Å²) in [6, 6.07) is 19.9. The van der Waals surface area contributed by atoms with Gasteiger partial charge in [-0.15, -0.1) is 0 Å². The van der Waals surface area contributed by atoms with Crippen molar-refractivity contribution in [1.29, 1.82) is 5.26 Å². The fraction of sp³-hybridized carbons (Fsp3) is 0.250. The van der Waals surface area contributed by atoms with E-state index in [0.29, 0.717) is 0 Å². The Morgan fingerprint density at radius 1 is 1.04 bits per heavy atom. The van der Waals surface area contributed by atoms with Gasteiger partial charge in [0.25, 0.3) is 0 Å². The minimum atomic E-state index is -0.878. The van der Waals surface area contributed by atoms with Gasteiger partial charge in [0.15, 0.2) is 0 Å². The molecule has 0 radical (unpaired) electrons. The van der Waals surface area contributed by atoms with Crippen molar-refractivity contribution in [2.24, 2.45) is 11.7 Å². The van der Waals surface area contributed by atoms with Gasteiger partial charge in [0.2, 0.25) is 11.8 Å². The number of nitrogens with two attached hydrogens (primary N) is 1. The van der Waals surface area contributed by atoms with Crippen LogP contribution >= 0.6 is 0 Å². The van der Waals surface area contributed by atoms with Crippen molar-refractivity contribution in [2.75, 3.05) is 0 Å². The Hall–Kier alpha value is -3.13. The van der Waals surface area contributed by atoms with Crippen LogP contribution in [0, 0.1) is 17.2 Å². The number of hydrogen-bond donors (Lipinski definition) is 2. The third-order valence-electron chi connectivity index (χ3n) is 4.00. The molecule has 0 saturated carbocycles. The molecule has 0 aromatic heterocycles. The molecular formula is C20H21N3O2. The molecule has 5 heteroatoms. The van der Waals surface area contributed by atoms with Gasteiger partial charge in [-0.3, -0.25) is 9.59 Å². The molecule has 0 aliphatic heterocycles. The van der Waals surface area contributed by atoms with Crippen molar-refractivity contribution >= 4 is 11.8 Å². The number of nitrogens with zero attached hydrogens (tertiary/aromatic N) is 1. The number of carbonyl (C=O) groups excluding carboxylic acids is 2. The number of benzene rings is 2. The second kappa shape index (κ2) is 8.65. The molecule has 0 fully saturated rings. The normalized spacial score (nSPS) is 12.8. The lowest BCUT2D eigenvalue weighted by Gasteiger charge is -2.22. The van der Waals surface area contributed by atoms with Gasteiger partial charge in [-0.25, -0.2) is 0 Å². The lowest BCUT2D eigenvalue weighted by Crippen LogP contribution is -2.47. The van der Waals surface area contributed by atoms with E-state index in [1.807, 2.05) is 60.7 Å². The van der Waals surface area contributed by atoms with E-state index in [4.69, 9.17) is 11.0 Å². The minimum absolute atomic E-state index is 0.188. The average Bonchev–Trinajstić information content (AvgIpc) is 2.63. The van der Waals surface area contributed by atoms with E-state index < -0.39 is 17.9 Å². The Balaban J connectivity index is 2.29. The van der Waals surface area contributed by atoms with E-state index in [1.54, 1.807) is 6.92 Å². The van der Waals surface area contributed by atoms with Crippen LogP contribution in [-0.4, -0.2) is 17.9 Å². The summed E-state index contributed by atoms with van der Waals surface area (Å²) in [5, 5.41) is 11.7. The number of hydrogen-bond acceptors (Lipinski definition) is 3. The van der Waals surface area contributed by atoms with Gasteiger partial charge >= 0.3 is 0 Å². The van der Waals surface area contributed by atoms with Gasteiger partial charge in [-0.1, -0.05) is 60.7 Å². The summed E-state index contributed by atoms with van der Waals surface area (Å²) >= 11 is 0. The Bertz CT molecular complexity index is 714. The first-order valence-corrected chi connectivity index (χ1v) is 8.12. The van der Waals surface area contributed by atoms with Crippen molar-refractivity contribution in [3.63, 3.8) is 0 Å². The summed E-state index contributed by atoms with van der Waals surface area (Å²) in [5.41, 5.74) is 7.05. The predicted molar refractivity (Wildman–Crippen MR) is 95.2 cm³/mol. The van der Waals surface area contributed by atoms with Crippen LogP contribution in [0.3, 0.4) is 0 Å². The van der Waals surface area contributed by atoms with Gasteiger partial charge in [0, 0.05) is 5.92 Å². The lowest BCUT2D eigenvalue weighted by atomic mass is 9.90. The van der Waals surface area contributed by atoms with Crippen LogP contribution in [0.25, 0.3) is 0 Å². The highest BCUT2D eigenvalue weighted by Crippen LogP contribution is 2.25. The maximum atomic E-state index is 12.9. The Labute approximate surface area is 147 Å². The molecule has 128 valence electrons. The van der Waals surface area contributed by atoms with Crippen LogP contribution in [0.5, 0.6) is 0 Å². The SMILES string of the molecule is C[C@H](C#N)C[C@@H](NC(=O)C(c1ccccc1)c1ccccc1)C(N)=O. The predicted octanol–water partition coefficient (Wildman–Crippen LogP) is 2.34. The average molecular weight is 335 g/mol. The summed E-state index contributed by atoms with van der Waals surface area (Å²) in [5.74, 6) is -1.90. The molecule has 2 rings (SSSR count). The summed E-state index contributed by atoms with van der Waals surface area (Å²) in [7, 11) is 0. The zero-order valence-electron chi connectivity index (χ0n) is 14.1. The second-order valence-corrected chi connectivity index (χ2v) is 5.98. The quantitative estimate of drug-likeness (QED) is 0.813. The Morgan fingerprint density at radius 3 is 1.92 bits per heavy atom. The standard InChI is InChI=1S/C20H21N3O2/c1-14(13-21)12-17(19(22)24)23-20(25)18(15-8-4-2-5-9-15)16-10-6-3-7-11-16/h2-11,14,17-18H,12H2,1H3,(H2,22,24)(H,23,25)/t14-,17+/m0/s1. The van der Waals surface area contributed by atoms with Crippen molar-refractivity contribution in [2.45, 2.75) is 25.3 Å². The highest BCUT2D eigenvalue weighted by Gasteiger charge is 2.27. The fourth-order valence-corrected chi connectivity index (χ4v) is 2.69. The van der Waals surface area contributed by atoms with Crippen LogP contribution in [-0.2, 0) is 9.59 Å². The molecule has 0 spiro atoms. The van der Waals surface area contributed by atoms with E-state index in [-0.39, 0.29) is 18.2 Å². The topological polar surface area (TPSA) is 96.0 Å². The first-order chi connectivity index (χ1) is 12.0.